The molecule has 102 valence electrons. The lowest BCUT2D eigenvalue weighted by Crippen LogP contribution is -2.55. The maximum Gasteiger partial charge on any atom is 0.251 e. The highest BCUT2D eigenvalue weighted by molar-refractivity contribution is 6.01. The van der Waals surface area contributed by atoms with Gasteiger partial charge in [0.2, 0.25) is 11.8 Å². The van der Waals surface area contributed by atoms with Crippen LogP contribution >= 0.6 is 0 Å². The Labute approximate surface area is 107 Å². The fourth-order valence-electron chi connectivity index (χ4n) is 1.64. The van der Waals surface area contributed by atoms with E-state index in [-0.39, 0.29) is 29.8 Å². The van der Waals surface area contributed by atoms with E-state index in [1.54, 1.807) is 0 Å². The summed E-state index contributed by atoms with van der Waals surface area (Å²) in [6.45, 7) is 6.03. The van der Waals surface area contributed by atoms with E-state index >= 15 is 0 Å². The van der Waals surface area contributed by atoms with Crippen LogP contribution in [0.15, 0.2) is 0 Å². The van der Waals surface area contributed by atoms with Gasteiger partial charge in [-0.2, -0.15) is 0 Å². The molecule has 18 heavy (non-hydrogen) atoms. The van der Waals surface area contributed by atoms with Crippen molar-refractivity contribution < 1.29 is 14.4 Å². The molecule has 0 bridgehead atoms. The van der Waals surface area contributed by atoms with E-state index < -0.39 is 6.04 Å². The SMILES string of the molecule is CN1C(=O)CCC(NC(=O)CNC(C)(C)C)C1=O. The zero-order valence-electron chi connectivity index (χ0n) is 11.4. The number of likely N-dealkylation sites (tertiary alicyclic amines) is 1. The van der Waals surface area contributed by atoms with Crippen molar-refractivity contribution in [1.29, 1.82) is 0 Å². The second-order valence-electron chi connectivity index (χ2n) is 5.55. The monoisotopic (exact) mass is 255 g/mol. The Morgan fingerprint density at radius 3 is 2.56 bits per heavy atom. The van der Waals surface area contributed by atoms with Crippen molar-refractivity contribution in [3.05, 3.63) is 0 Å². The number of imide groups is 1. The van der Waals surface area contributed by atoms with Gasteiger partial charge >= 0.3 is 0 Å². The highest BCUT2D eigenvalue weighted by atomic mass is 16.2. The summed E-state index contributed by atoms with van der Waals surface area (Å²) in [5.41, 5.74) is -0.152. The van der Waals surface area contributed by atoms with Gasteiger partial charge in [0, 0.05) is 19.0 Å². The summed E-state index contributed by atoms with van der Waals surface area (Å²) in [5, 5.41) is 5.69. The first-order chi connectivity index (χ1) is 8.20. The Hall–Kier alpha value is -1.43. The summed E-state index contributed by atoms with van der Waals surface area (Å²) in [4.78, 5) is 35.8. The van der Waals surface area contributed by atoms with E-state index in [9.17, 15) is 14.4 Å². The molecule has 6 nitrogen and oxygen atoms in total. The van der Waals surface area contributed by atoms with E-state index in [4.69, 9.17) is 0 Å². The molecule has 1 aliphatic rings. The molecule has 6 heteroatoms. The number of rotatable bonds is 3. The predicted molar refractivity (Wildman–Crippen MR) is 66.7 cm³/mol. The zero-order chi connectivity index (χ0) is 13.9. The maximum atomic E-state index is 11.7. The first kappa shape index (κ1) is 14.6. The molecule has 3 amide bonds. The van der Waals surface area contributed by atoms with Crippen LogP contribution in [0.3, 0.4) is 0 Å². The normalized spacial score (nSPS) is 21.1. The lowest BCUT2D eigenvalue weighted by molar-refractivity contribution is -0.149. The van der Waals surface area contributed by atoms with Gasteiger partial charge in [-0.05, 0) is 27.2 Å². The molecule has 1 heterocycles. The minimum absolute atomic E-state index is 0.152. The third kappa shape index (κ3) is 4.10. The Morgan fingerprint density at radius 2 is 2.00 bits per heavy atom. The van der Waals surface area contributed by atoms with E-state index in [1.807, 2.05) is 20.8 Å². The van der Waals surface area contributed by atoms with Crippen molar-refractivity contribution in [2.24, 2.45) is 0 Å². The third-order valence-electron chi connectivity index (χ3n) is 2.76. The average Bonchev–Trinajstić information content (AvgIpc) is 2.26. The average molecular weight is 255 g/mol. The van der Waals surface area contributed by atoms with Gasteiger partial charge in [-0.3, -0.25) is 19.3 Å². The molecule has 0 saturated carbocycles. The number of carbonyl (C=O) groups excluding carboxylic acids is 3. The highest BCUT2D eigenvalue weighted by Gasteiger charge is 2.32. The smallest absolute Gasteiger partial charge is 0.251 e. The highest BCUT2D eigenvalue weighted by Crippen LogP contribution is 2.11. The Bertz CT molecular complexity index is 360. The number of nitrogens with zero attached hydrogens (tertiary/aromatic N) is 1. The topological polar surface area (TPSA) is 78.5 Å². The number of amides is 3. The summed E-state index contributed by atoms with van der Waals surface area (Å²) in [5.74, 6) is -0.764. The molecule has 0 aromatic heterocycles. The summed E-state index contributed by atoms with van der Waals surface area (Å²) >= 11 is 0. The van der Waals surface area contributed by atoms with Crippen molar-refractivity contribution >= 4 is 17.7 Å². The third-order valence-corrected chi connectivity index (χ3v) is 2.76. The first-order valence-corrected chi connectivity index (χ1v) is 6.05. The van der Waals surface area contributed by atoms with Gasteiger partial charge in [0.15, 0.2) is 0 Å². The molecule has 0 aromatic rings. The van der Waals surface area contributed by atoms with E-state index in [2.05, 4.69) is 10.6 Å². The fourth-order valence-corrected chi connectivity index (χ4v) is 1.64. The molecule has 1 aliphatic heterocycles. The Kier molecular flexibility index (Phi) is 4.45. The quantitative estimate of drug-likeness (QED) is 0.675. The minimum atomic E-state index is -0.582. The Balaban J connectivity index is 2.45. The van der Waals surface area contributed by atoms with Gasteiger partial charge < -0.3 is 10.6 Å². The van der Waals surface area contributed by atoms with Crippen LogP contribution in [0, 0.1) is 0 Å². The van der Waals surface area contributed by atoms with Crippen LogP contribution in [0.5, 0.6) is 0 Å². The second-order valence-corrected chi connectivity index (χ2v) is 5.55. The molecule has 2 N–H and O–H groups in total. The number of carbonyl (C=O) groups is 3. The number of likely N-dealkylation sites (N-methyl/N-ethyl adjacent to an activating group) is 1. The zero-order valence-corrected chi connectivity index (χ0v) is 11.4. The van der Waals surface area contributed by atoms with Gasteiger partial charge in [0.1, 0.15) is 6.04 Å². The van der Waals surface area contributed by atoms with Crippen molar-refractivity contribution in [3.8, 4) is 0 Å². The standard InChI is InChI=1S/C12H21N3O3/c1-12(2,3)13-7-9(16)14-8-5-6-10(17)15(4)11(8)18/h8,13H,5-7H2,1-4H3,(H,14,16). The van der Waals surface area contributed by atoms with Gasteiger partial charge in [0.05, 0.1) is 6.54 Å². The molecular weight excluding hydrogens is 234 g/mol. The Morgan fingerprint density at radius 1 is 1.39 bits per heavy atom. The molecule has 0 radical (unpaired) electrons. The molecule has 1 rings (SSSR count). The summed E-state index contributed by atoms with van der Waals surface area (Å²) in [6, 6.07) is -0.582. The first-order valence-electron chi connectivity index (χ1n) is 6.05. The summed E-state index contributed by atoms with van der Waals surface area (Å²) in [6.07, 6.45) is 0.670. The largest absolute Gasteiger partial charge is 0.343 e. The fraction of sp³-hybridized carbons (Fsp3) is 0.750. The van der Waals surface area contributed by atoms with Crippen LogP contribution in [0.1, 0.15) is 33.6 Å². The van der Waals surface area contributed by atoms with Gasteiger partial charge in [-0.25, -0.2) is 0 Å². The van der Waals surface area contributed by atoms with Gasteiger partial charge in [0.25, 0.3) is 5.91 Å². The van der Waals surface area contributed by atoms with Crippen molar-refractivity contribution in [3.63, 3.8) is 0 Å². The van der Waals surface area contributed by atoms with Crippen LogP contribution in [0.4, 0.5) is 0 Å². The van der Waals surface area contributed by atoms with Crippen molar-refractivity contribution in [1.82, 2.24) is 15.5 Å². The van der Waals surface area contributed by atoms with E-state index in [0.29, 0.717) is 12.8 Å². The lowest BCUT2D eigenvalue weighted by Gasteiger charge is -2.28. The second kappa shape index (κ2) is 5.48. The molecule has 1 atom stereocenters. The molecule has 1 saturated heterocycles. The summed E-state index contributed by atoms with van der Waals surface area (Å²) < 4.78 is 0. The van der Waals surface area contributed by atoms with Crippen molar-refractivity contribution in [2.75, 3.05) is 13.6 Å². The van der Waals surface area contributed by atoms with Crippen LogP contribution in [-0.4, -0.2) is 47.8 Å². The van der Waals surface area contributed by atoms with E-state index in [1.165, 1.54) is 7.05 Å². The molecule has 0 spiro atoms. The van der Waals surface area contributed by atoms with Crippen LogP contribution in [0.2, 0.25) is 0 Å². The molecule has 0 aliphatic carbocycles. The van der Waals surface area contributed by atoms with Gasteiger partial charge in [-0.1, -0.05) is 0 Å². The maximum absolute atomic E-state index is 11.7. The lowest BCUT2D eigenvalue weighted by atomic mass is 10.0. The number of hydrogen-bond acceptors (Lipinski definition) is 4. The molecule has 1 unspecified atom stereocenters. The minimum Gasteiger partial charge on any atom is -0.343 e. The van der Waals surface area contributed by atoms with Gasteiger partial charge in [-0.15, -0.1) is 0 Å². The molecule has 0 aromatic carbocycles. The number of nitrogens with one attached hydrogen (secondary N) is 2. The van der Waals surface area contributed by atoms with Crippen LogP contribution in [-0.2, 0) is 14.4 Å². The number of piperidine rings is 1. The van der Waals surface area contributed by atoms with Crippen LogP contribution in [0.25, 0.3) is 0 Å². The van der Waals surface area contributed by atoms with E-state index in [0.717, 1.165) is 4.90 Å². The summed E-state index contributed by atoms with van der Waals surface area (Å²) in [7, 11) is 1.44. The molecule has 1 fully saturated rings. The predicted octanol–water partition coefficient (Wildman–Crippen LogP) is -0.362. The van der Waals surface area contributed by atoms with Crippen LogP contribution < -0.4 is 10.6 Å². The molecular formula is C12H21N3O3. The van der Waals surface area contributed by atoms with Crippen molar-refractivity contribution in [2.45, 2.75) is 45.2 Å². The number of hydrogen-bond donors (Lipinski definition) is 2.